The maximum Gasteiger partial charge on any atom is 0.137 e. The lowest BCUT2D eigenvalue weighted by atomic mass is 9.96. The number of benzene rings is 4. The molecule has 0 atom stereocenters. The van der Waals surface area contributed by atoms with Crippen molar-refractivity contribution in [2.75, 3.05) is 0 Å². The first-order valence-electron chi connectivity index (χ1n) is 18.7. The Morgan fingerprint density at radius 2 is 1.21 bits per heavy atom. The second kappa shape index (κ2) is 13.0. The maximum atomic E-state index is 5.21. The first-order chi connectivity index (χ1) is 27.8. The van der Waals surface area contributed by atoms with E-state index in [1.54, 1.807) is 0 Å². The third kappa shape index (κ3) is 5.28. The van der Waals surface area contributed by atoms with Crippen molar-refractivity contribution in [2.24, 2.45) is 0 Å². The Bertz CT molecular complexity index is 3070. The van der Waals surface area contributed by atoms with E-state index in [-0.39, 0.29) is 0 Å². The van der Waals surface area contributed by atoms with Gasteiger partial charge >= 0.3 is 0 Å². The summed E-state index contributed by atoms with van der Waals surface area (Å²) < 4.78 is 4.60. The van der Waals surface area contributed by atoms with Crippen LogP contribution in [-0.4, -0.2) is 29.1 Å². The van der Waals surface area contributed by atoms with Crippen molar-refractivity contribution in [3.05, 3.63) is 188 Å². The van der Waals surface area contributed by atoms with Gasteiger partial charge in [-0.1, -0.05) is 72.8 Å². The molecule has 0 unspecified atom stereocenters. The molecule has 6 aromatic heterocycles. The van der Waals surface area contributed by atoms with E-state index in [1.807, 2.05) is 49.2 Å². The second-order valence-electron chi connectivity index (χ2n) is 14.1. The van der Waals surface area contributed by atoms with Crippen LogP contribution < -0.4 is 5.32 Å². The van der Waals surface area contributed by atoms with Gasteiger partial charge < -0.3 is 9.88 Å². The number of hydrogen-bond acceptors (Lipinski definition) is 5. The molecular formula is C49H33N7. The standard InChI is InChI=1S/C49H33N7/c1-2-10-32(11-3-1)34-24-35(26-37(25-34)55-45-15-6-4-12-38(45)40-30-50-22-19-47(40)55)36-27-43(54-44(28-36)42-14-8-9-21-52-42)33-17-18-49(53-29-33)56-46-16-7-5-13-39(46)41-31-51-23-20-48(41)56/h1-30,51H,31H2. The lowest BCUT2D eigenvalue weighted by Gasteiger charge is -2.15. The van der Waals surface area contributed by atoms with E-state index in [1.165, 1.54) is 16.3 Å². The lowest BCUT2D eigenvalue weighted by Crippen LogP contribution is -2.11. The minimum atomic E-state index is 0.783. The molecule has 7 heterocycles. The average molecular weight is 720 g/mol. The highest BCUT2D eigenvalue weighted by molar-refractivity contribution is 6.09. The van der Waals surface area contributed by atoms with Crippen molar-refractivity contribution in [3.8, 4) is 56.4 Å². The van der Waals surface area contributed by atoms with Gasteiger partial charge in [-0.15, -0.1) is 0 Å². The van der Waals surface area contributed by atoms with Crippen LogP contribution in [0.5, 0.6) is 0 Å². The first-order valence-corrected chi connectivity index (χ1v) is 18.7. The van der Waals surface area contributed by atoms with Crippen LogP contribution in [0.25, 0.3) is 95.2 Å². The van der Waals surface area contributed by atoms with Crippen LogP contribution in [0, 0.1) is 0 Å². The van der Waals surface area contributed by atoms with Gasteiger partial charge in [0, 0.05) is 64.3 Å². The molecule has 10 aromatic rings. The molecule has 0 saturated heterocycles. The van der Waals surface area contributed by atoms with Gasteiger partial charge in [0.1, 0.15) is 5.82 Å². The van der Waals surface area contributed by atoms with Gasteiger partial charge in [-0.3, -0.25) is 14.5 Å². The summed E-state index contributed by atoms with van der Waals surface area (Å²) in [6.07, 6.45) is 11.7. The van der Waals surface area contributed by atoms with E-state index >= 15 is 0 Å². The van der Waals surface area contributed by atoms with E-state index in [0.29, 0.717) is 0 Å². The summed E-state index contributed by atoms with van der Waals surface area (Å²) in [4.78, 5) is 19.5. The van der Waals surface area contributed by atoms with E-state index in [9.17, 15) is 0 Å². The number of aromatic nitrogens is 6. The molecule has 1 N–H and O–H groups in total. The molecule has 0 saturated carbocycles. The van der Waals surface area contributed by atoms with Crippen LogP contribution in [0.4, 0.5) is 0 Å². The highest BCUT2D eigenvalue weighted by atomic mass is 15.1. The minimum Gasteiger partial charge on any atom is -0.387 e. The van der Waals surface area contributed by atoms with Crippen LogP contribution >= 0.6 is 0 Å². The van der Waals surface area contributed by atoms with E-state index < -0.39 is 0 Å². The number of nitrogens with zero attached hydrogens (tertiary/aromatic N) is 6. The predicted octanol–water partition coefficient (Wildman–Crippen LogP) is 11.0. The highest BCUT2D eigenvalue weighted by Crippen LogP contribution is 2.38. The predicted molar refractivity (Wildman–Crippen MR) is 226 cm³/mol. The SMILES string of the molecule is C1=Cc2c(c3ccccc3n2-c2ccc(-c3cc(-c4cc(-c5ccccc5)cc(-n5c6ccccc6c6cnccc65)c4)cc(-c4ccccn4)n3)cn2)CN1. The Morgan fingerprint density at radius 3 is 2.04 bits per heavy atom. The van der Waals surface area contributed by atoms with Crippen LogP contribution in [-0.2, 0) is 6.54 Å². The second-order valence-corrected chi connectivity index (χ2v) is 14.1. The van der Waals surface area contributed by atoms with Crippen LogP contribution in [0.2, 0.25) is 0 Å². The number of pyridine rings is 4. The van der Waals surface area contributed by atoms with Crippen LogP contribution in [0.1, 0.15) is 11.3 Å². The monoisotopic (exact) mass is 719 g/mol. The molecule has 1 aliphatic heterocycles. The molecule has 4 aromatic carbocycles. The van der Waals surface area contributed by atoms with Crippen molar-refractivity contribution in [3.63, 3.8) is 0 Å². The zero-order valence-electron chi connectivity index (χ0n) is 30.2. The highest BCUT2D eigenvalue weighted by Gasteiger charge is 2.20. The van der Waals surface area contributed by atoms with Gasteiger partial charge in [-0.05, 0) is 107 Å². The molecule has 11 rings (SSSR count). The van der Waals surface area contributed by atoms with Gasteiger partial charge in [-0.25, -0.2) is 9.97 Å². The normalized spacial score (nSPS) is 12.3. The van der Waals surface area contributed by atoms with Gasteiger partial charge in [0.2, 0.25) is 0 Å². The molecule has 0 bridgehead atoms. The maximum absolute atomic E-state index is 5.21. The quantitative estimate of drug-likeness (QED) is 0.185. The fourth-order valence-electron chi connectivity index (χ4n) is 8.19. The Balaban J connectivity index is 1.10. The summed E-state index contributed by atoms with van der Waals surface area (Å²) in [6.45, 7) is 0.783. The van der Waals surface area contributed by atoms with Crippen molar-refractivity contribution < 1.29 is 0 Å². The van der Waals surface area contributed by atoms with E-state index in [2.05, 4.69) is 153 Å². The first kappa shape index (κ1) is 31.8. The third-order valence-corrected chi connectivity index (χ3v) is 10.8. The Labute approximate surface area is 322 Å². The minimum absolute atomic E-state index is 0.783. The van der Waals surface area contributed by atoms with Crippen LogP contribution in [0.15, 0.2) is 177 Å². The zero-order valence-corrected chi connectivity index (χ0v) is 30.2. The van der Waals surface area contributed by atoms with Crippen LogP contribution in [0.3, 0.4) is 0 Å². The lowest BCUT2D eigenvalue weighted by molar-refractivity contribution is 0.852. The van der Waals surface area contributed by atoms with E-state index in [0.717, 1.165) is 90.6 Å². The largest absolute Gasteiger partial charge is 0.387 e. The molecule has 0 fully saturated rings. The summed E-state index contributed by atoms with van der Waals surface area (Å²) >= 11 is 0. The average Bonchev–Trinajstić information content (AvgIpc) is 3.80. The van der Waals surface area contributed by atoms with Crippen molar-refractivity contribution >= 4 is 38.8 Å². The van der Waals surface area contributed by atoms with Crippen molar-refractivity contribution in [1.29, 1.82) is 0 Å². The molecular weight excluding hydrogens is 687 g/mol. The summed E-state index contributed by atoms with van der Waals surface area (Å²) in [7, 11) is 0. The smallest absolute Gasteiger partial charge is 0.137 e. The van der Waals surface area contributed by atoms with Crippen molar-refractivity contribution in [1.82, 2.24) is 34.4 Å². The number of hydrogen-bond donors (Lipinski definition) is 1. The molecule has 0 spiro atoms. The van der Waals surface area contributed by atoms with Gasteiger partial charge in [0.15, 0.2) is 0 Å². The van der Waals surface area contributed by atoms with Gasteiger partial charge in [-0.2, -0.15) is 0 Å². The number of para-hydroxylation sites is 2. The molecule has 264 valence electrons. The number of rotatable bonds is 6. The molecule has 1 aliphatic rings. The number of fused-ring (bicyclic) bond motifs is 6. The Hall–Kier alpha value is -7.64. The molecule has 0 aliphatic carbocycles. The summed E-state index contributed by atoms with van der Waals surface area (Å²) in [5.41, 5.74) is 14.6. The molecule has 56 heavy (non-hydrogen) atoms. The number of nitrogens with one attached hydrogen (secondary N) is 1. The van der Waals surface area contributed by atoms with Gasteiger partial charge in [0.05, 0.1) is 39.3 Å². The van der Waals surface area contributed by atoms with E-state index in [4.69, 9.17) is 15.0 Å². The molecule has 0 amide bonds. The van der Waals surface area contributed by atoms with Gasteiger partial charge in [0.25, 0.3) is 0 Å². The zero-order chi connectivity index (χ0) is 37.0. The summed E-state index contributed by atoms with van der Waals surface area (Å²) in [5, 5.41) is 6.89. The fraction of sp³-hybridized carbons (Fsp3) is 0.0204. The fourth-order valence-corrected chi connectivity index (χ4v) is 8.19. The van der Waals surface area contributed by atoms with Crippen molar-refractivity contribution in [2.45, 2.75) is 6.54 Å². The summed E-state index contributed by atoms with van der Waals surface area (Å²) in [6, 6.07) is 51.1. The summed E-state index contributed by atoms with van der Waals surface area (Å²) in [5.74, 6) is 0.862. The molecule has 7 nitrogen and oxygen atoms in total. The topological polar surface area (TPSA) is 73.5 Å². The Kier molecular flexibility index (Phi) is 7.41. The Morgan fingerprint density at radius 1 is 0.482 bits per heavy atom. The molecule has 0 radical (unpaired) electrons. The molecule has 7 heteroatoms. The third-order valence-electron chi connectivity index (χ3n) is 10.8.